The van der Waals surface area contributed by atoms with Gasteiger partial charge in [-0.1, -0.05) is 12.1 Å². The fourth-order valence-electron chi connectivity index (χ4n) is 1.40. The molecule has 0 unspecified atom stereocenters. The van der Waals surface area contributed by atoms with Gasteiger partial charge in [0.15, 0.2) is 0 Å². The van der Waals surface area contributed by atoms with Gasteiger partial charge in [-0.05, 0) is 17.7 Å². The molecule has 0 heterocycles. The van der Waals surface area contributed by atoms with Gasteiger partial charge in [-0.15, -0.1) is 0 Å². The van der Waals surface area contributed by atoms with Crippen molar-refractivity contribution in [1.82, 2.24) is 5.32 Å². The number of esters is 1. The van der Waals surface area contributed by atoms with Crippen LogP contribution in [0.3, 0.4) is 0 Å². The van der Waals surface area contributed by atoms with Gasteiger partial charge in [0.05, 0.1) is 20.0 Å². The van der Waals surface area contributed by atoms with Gasteiger partial charge in [-0.25, -0.2) is 4.79 Å². The molecule has 0 aliphatic rings. The van der Waals surface area contributed by atoms with Crippen molar-refractivity contribution in [1.29, 1.82) is 0 Å². The normalized spacial score (nSPS) is 9.65. The minimum atomic E-state index is -0.975. The van der Waals surface area contributed by atoms with Crippen molar-refractivity contribution in [3.8, 4) is 0 Å². The molecule has 0 fully saturated rings. The third kappa shape index (κ3) is 5.85. The predicted molar refractivity (Wildman–Crippen MR) is 71.4 cm³/mol. The topological polar surface area (TPSA) is 105 Å². The average Bonchev–Trinajstić information content (AvgIpc) is 2.40. The first-order valence-electron chi connectivity index (χ1n) is 5.93. The van der Waals surface area contributed by atoms with Gasteiger partial charge in [0.1, 0.15) is 0 Å². The fraction of sp³-hybridized carbons (Fsp3) is 0.308. The molecule has 7 nitrogen and oxygen atoms in total. The van der Waals surface area contributed by atoms with Gasteiger partial charge in [0, 0.05) is 12.2 Å². The van der Waals surface area contributed by atoms with Gasteiger partial charge in [-0.2, -0.15) is 0 Å². The van der Waals surface area contributed by atoms with E-state index in [1.807, 2.05) is 0 Å². The number of carboxylic acids is 1. The molecule has 0 radical (unpaired) electrons. The molecule has 1 aromatic rings. The molecular formula is C13H16N2O5. The summed E-state index contributed by atoms with van der Waals surface area (Å²) in [7, 11) is 1.32. The lowest BCUT2D eigenvalue weighted by molar-refractivity contribution is -0.140. The van der Waals surface area contributed by atoms with E-state index in [4.69, 9.17) is 5.11 Å². The quantitative estimate of drug-likeness (QED) is 0.674. The van der Waals surface area contributed by atoms with Crippen molar-refractivity contribution in [2.45, 2.75) is 12.8 Å². The van der Waals surface area contributed by atoms with Crippen molar-refractivity contribution < 1.29 is 24.2 Å². The Morgan fingerprint density at radius 2 is 1.85 bits per heavy atom. The van der Waals surface area contributed by atoms with Crippen LogP contribution in [0.15, 0.2) is 24.3 Å². The van der Waals surface area contributed by atoms with Gasteiger partial charge in [0.25, 0.3) is 0 Å². The number of amides is 2. The molecule has 108 valence electrons. The summed E-state index contributed by atoms with van der Waals surface area (Å²) in [6.07, 6.45) is 0.0348. The largest absolute Gasteiger partial charge is 0.481 e. The molecule has 20 heavy (non-hydrogen) atoms. The third-order valence-electron chi connectivity index (χ3n) is 2.41. The number of aliphatic carboxylic acids is 1. The Morgan fingerprint density at radius 3 is 2.40 bits per heavy atom. The van der Waals surface area contributed by atoms with Crippen LogP contribution in [0.2, 0.25) is 0 Å². The standard InChI is InChI=1S/C13H16N2O5/c1-20-12(18)8-9-2-4-10(5-3-9)15-13(19)14-7-6-11(16)17/h2-5H,6-8H2,1H3,(H,16,17)(H2,14,15,19). The van der Waals surface area contributed by atoms with Crippen LogP contribution in [0.1, 0.15) is 12.0 Å². The molecule has 0 aliphatic carbocycles. The number of methoxy groups -OCH3 is 1. The van der Waals surface area contributed by atoms with E-state index in [1.165, 1.54) is 7.11 Å². The number of carbonyl (C=O) groups is 3. The number of nitrogens with one attached hydrogen (secondary N) is 2. The second-order valence-corrected chi connectivity index (χ2v) is 3.97. The monoisotopic (exact) mass is 280 g/mol. The zero-order valence-electron chi connectivity index (χ0n) is 11.0. The Morgan fingerprint density at radius 1 is 1.20 bits per heavy atom. The number of urea groups is 1. The molecule has 0 aromatic heterocycles. The number of rotatable bonds is 6. The van der Waals surface area contributed by atoms with Gasteiger partial charge < -0.3 is 20.5 Å². The Hall–Kier alpha value is -2.57. The lowest BCUT2D eigenvalue weighted by atomic mass is 10.1. The van der Waals surface area contributed by atoms with E-state index < -0.39 is 12.0 Å². The molecule has 0 spiro atoms. The minimum Gasteiger partial charge on any atom is -0.481 e. The minimum absolute atomic E-state index is 0.0571. The summed E-state index contributed by atoms with van der Waals surface area (Å²) in [6.45, 7) is 0.0571. The third-order valence-corrected chi connectivity index (χ3v) is 2.41. The van der Waals surface area contributed by atoms with E-state index >= 15 is 0 Å². The first-order valence-corrected chi connectivity index (χ1v) is 5.93. The van der Waals surface area contributed by atoms with Crippen molar-refractivity contribution in [2.75, 3.05) is 19.0 Å². The molecule has 1 aromatic carbocycles. The highest BCUT2D eigenvalue weighted by Gasteiger charge is 2.05. The molecule has 0 saturated carbocycles. The number of benzene rings is 1. The second kappa shape index (κ2) is 7.78. The molecule has 0 aliphatic heterocycles. The van der Waals surface area contributed by atoms with Crippen molar-refractivity contribution in [3.63, 3.8) is 0 Å². The van der Waals surface area contributed by atoms with Gasteiger partial charge in [-0.3, -0.25) is 9.59 Å². The highest BCUT2D eigenvalue weighted by molar-refractivity contribution is 5.89. The first kappa shape index (κ1) is 15.5. The SMILES string of the molecule is COC(=O)Cc1ccc(NC(=O)NCCC(=O)O)cc1. The van der Waals surface area contributed by atoms with Crippen LogP contribution in [0.25, 0.3) is 0 Å². The van der Waals surface area contributed by atoms with Crippen LogP contribution in [0.4, 0.5) is 10.5 Å². The number of carbonyl (C=O) groups excluding carboxylic acids is 2. The van der Waals surface area contributed by atoms with E-state index in [0.29, 0.717) is 5.69 Å². The highest BCUT2D eigenvalue weighted by Crippen LogP contribution is 2.10. The number of hydrogen-bond acceptors (Lipinski definition) is 4. The summed E-state index contributed by atoms with van der Waals surface area (Å²) in [6, 6.07) is 6.21. The summed E-state index contributed by atoms with van der Waals surface area (Å²) >= 11 is 0. The number of hydrogen-bond donors (Lipinski definition) is 3. The lowest BCUT2D eigenvalue weighted by Gasteiger charge is -2.07. The van der Waals surface area contributed by atoms with Crippen molar-refractivity contribution in [2.24, 2.45) is 0 Å². The van der Waals surface area contributed by atoms with E-state index in [1.54, 1.807) is 24.3 Å². The number of carboxylic acid groups (broad SMARTS) is 1. The maximum Gasteiger partial charge on any atom is 0.319 e. The number of ether oxygens (including phenoxy) is 1. The van der Waals surface area contributed by atoms with E-state index in [0.717, 1.165) is 5.56 Å². The Labute approximate surface area is 115 Å². The maximum absolute atomic E-state index is 11.4. The molecule has 3 N–H and O–H groups in total. The maximum atomic E-state index is 11.4. The first-order chi connectivity index (χ1) is 9.51. The van der Waals surface area contributed by atoms with Gasteiger partial charge >= 0.3 is 18.0 Å². The Bertz CT molecular complexity index is 484. The van der Waals surface area contributed by atoms with Gasteiger partial charge in [0.2, 0.25) is 0 Å². The predicted octanol–water partition coefficient (Wildman–Crippen LogP) is 0.998. The molecule has 0 bridgehead atoms. The lowest BCUT2D eigenvalue weighted by Crippen LogP contribution is -2.30. The van der Waals surface area contributed by atoms with Crippen molar-refractivity contribution in [3.05, 3.63) is 29.8 Å². The molecule has 7 heteroatoms. The summed E-state index contributed by atoms with van der Waals surface area (Å²) in [5.41, 5.74) is 1.32. The molecular weight excluding hydrogens is 264 g/mol. The van der Waals surface area contributed by atoms with Crippen LogP contribution in [-0.2, 0) is 20.7 Å². The summed E-state index contributed by atoms with van der Waals surface area (Å²) < 4.78 is 4.55. The zero-order valence-corrected chi connectivity index (χ0v) is 11.0. The number of anilines is 1. The van der Waals surface area contributed by atoms with Crippen LogP contribution in [0.5, 0.6) is 0 Å². The van der Waals surface area contributed by atoms with E-state index in [-0.39, 0.29) is 25.4 Å². The summed E-state index contributed by atoms with van der Waals surface area (Å²) in [5, 5.41) is 13.4. The molecule has 0 saturated heterocycles. The van der Waals surface area contributed by atoms with Crippen LogP contribution in [-0.4, -0.2) is 36.7 Å². The van der Waals surface area contributed by atoms with E-state index in [9.17, 15) is 14.4 Å². The van der Waals surface area contributed by atoms with Crippen molar-refractivity contribution >= 4 is 23.7 Å². The molecule has 2 amide bonds. The van der Waals surface area contributed by atoms with Crippen LogP contribution in [0, 0.1) is 0 Å². The Kier molecular flexibility index (Phi) is 6.02. The fourth-order valence-corrected chi connectivity index (χ4v) is 1.40. The van der Waals surface area contributed by atoms with Crippen LogP contribution >= 0.6 is 0 Å². The molecule has 1 rings (SSSR count). The smallest absolute Gasteiger partial charge is 0.319 e. The second-order valence-electron chi connectivity index (χ2n) is 3.97. The van der Waals surface area contributed by atoms with Crippen LogP contribution < -0.4 is 10.6 Å². The highest BCUT2D eigenvalue weighted by atomic mass is 16.5. The molecule has 0 atom stereocenters. The summed E-state index contributed by atoms with van der Waals surface area (Å²) in [5.74, 6) is -1.31. The summed E-state index contributed by atoms with van der Waals surface area (Å²) in [4.78, 5) is 32.8. The zero-order chi connectivity index (χ0) is 15.0. The average molecular weight is 280 g/mol. The Balaban J connectivity index is 2.42. The van der Waals surface area contributed by atoms with E-state index in [2.05, 4.69) is 15.4 Å².